The van der Waals surface area contributed by atoms with E-state index in [-0.39, 0.29) is 5.16 Å². The number of rotatable bonds is 1. The van der Waals surface area contributed by atoms with Crippen molar-refractivity contribution in [1.29, 1.82) is 0 Å². The van der Waals surface area contributed by atoms with E-state index < -0.39 is 7.14 Å². The molecule has 2 heteroatoms. The lowest BCUT2D eigenvalue weighted by atomic mass is 10.3. The molecular formula is C7H17OP. The van der Waals surface area contributed by atoms with Gasteiger partial charge in [-0.3, -0.25) is 0 Å². The van der Waals surface area contributed by atoms with Crippen molar-refractivity contribution in [3.8, 4) is 0 Å². The first-order chi connectivity index (χ1) is 3.81. The average Bonchev–Trinajstić information content (AvgIpc) is 1.64. The molecule has 9 heavy (non-hydrogen) atoms. The maximum Gasteiger partial charge on any atom is 0.0895 e. The summed E-state index contributed by atoms with van der Waals surface area (Å²) >= 11 is 0. The molecule has 0 N–H and O–H groups in total. The van der Waals surface area contributed by atoms with E-state index in [0.717, 1.165) is 6.16 Å². The SMILES string of the molecule is CCP(C)(=O)C(C)(C)C. The molecule has 1 nitrogen and oxygen atoms in total. The van der Waals surface area contributed by atoms with Crippen molar-refractivity contribution in [2.24, 2.45) is 0 Å². The Bertz CT molecular complexity index is 132. The monoisotopic (exact) mass is 148 g/mol. The fourth-order valence-corrected chi connectivity index (χ4v) is 1.42. The first kappa shape index (κ1) is 9.23. The van der Waals surface area contributed by atoms with Crippen LogP contribution < -0.4 is 0 Å². The molecule has 0 saturated carbocycles. The highest BCUT2D eigenvalue weighted by molar-refractivity contribution is 7.64. The molecule has 0 bridgehead atoms. The highest BCUT2D eigenvalue weighted by atomic mass is 31.2. The van der Waals surface area contributed by atoms with Gasteiger partial charge in [-0.05, 0) is 12.8 Å². The van der Waals surface area contributed by atoms with Gasteiger partial charge in [0.15, 0.2) is 0 Å². The lowest BCUT2D eigenvalue weighted by Gasteiger charge is -2.26. The van der Waals surface area contributed by atoms with Crippen molar-refractivity contribution in [2.45, 2.75) is 32.9 Å². The summed E-state index contributed by atoms with van der Waals surface area (Å²) in [5, 5.41) is 0.00174. The van der Waals surface area contributed by atoms with E-state index in [1.54, 1.807) is 0 Å². The van der Waals surface area contributed by atoms with Crippen molar-refractivity contribution < 1.29 is 4.57 Å². The van der Waals surface area contributed by atoms with Gasteiger partial charge in [-0.15, -0.1) is 0 Å². The zero-order valence-corrected chi connectivity index (χ0v) is 7.96. The summed E-state index contributed by atoms with van der Waals surface area (Å²) in [6.07, 6.45) is 0.816. The van der Waals surface area contributed by atoms with Crippen molar-refractivity contribution in [2.75, 3.05) is 12.8 Å². The molecular weight excluding hydrogens is 131 g/mol. The van der Waals surface area contributed by atoms with Crippen LogP contribution in [0.5, 0.6) is 0 Å². The lowest BCUT2D eigenvalue weighted by Crippen LogP contribution is -2.15. The van der Waals surface area contributed by atoms with Gasteiger partial charge in [0.25, 0.3) is 0 Å². The summed E-state index contributed by atoms with van der Waals surface area (Å²) < 4.78 is 11.6. The van der Waals surface area contributed by atoms with Crippen LogP contribution in [0, 0.1) is 0 Å². The van der Waals surface area contributed by atoms with E-state index in [2.05, 4.69) is 0 Å². The predicted octanol–water partition coefficient (Wildman–Crippen LogP) is 2.80. The summed E-state index contributed by atoms with van der Waals surface area (Å²) in [4.78, 5) is 0. The Hall–Kier alpha value is 0.230. The quantitative estimate of drug-likeness (QED) is 0.522. The van der Waals surface area contributed by atoms with Gasteiger partial charge in [-0.25, -0.2) is 0 Å². The van der Waals surface area contributed by atoms with Gasteiger partial charge in [0.05, 0.1) is 7.14 Å². The lowest BCUT2D eigenvalue weighted by molar-refractivity contribution is 0.554. The third-order valence-corrected chi connectivity index (χ3v) is 6.07. The second-order valence-corrected chi connectivity index (χ2v) is 7.76. The Morgan fingerprint density at radius 1 is 1.33 bits per heavy atom. The van der Waals surface area contributed by atoms with Gasteiger partial charge >= 0.3 is 0 Å². The molecule has 0 aromatic heterocycles. The van der Waals surface area contributed by atoms with Crippen LogP contribution in [-0.2, 0) is 4.57 Å². The average molecular weight is 148 g/mol. The molecule has 0 heterocycles. The third-order valence-electron chi connectivity index (χ3n) is 2.02. The molecule has 0 aromatic rings. The number of hydrogen-bond acceptors (Lipinski definition) is 1. The summed E-state index contributed by atoms with van der Waals surface area (Å²) in [6.45, 7) is 9.99. The summed E-state index contributed by atoms with van der Waals surface area (Å²) in [5.74, 6) is 0. The number of hydrogen-bond donors (Lipinski definition) is 0. The molecule has 1 atom stereocenters. The summed E-state index contributed by atoms with van der Waals surface area (Å²) in [7, 11) is -1.86. The van der Waals surface area contributed by atoms with E-state index in [4.69, 9.17) is 0 Å². The highest BCUT2D eigenvalue weighted by Crippen LogP contribution is 2.53. The van der Waals surface area contributed by atoms with Crippen LogP contribution in [0.3, 0.4) is 0 Å². The van der Waals surface area contributed by atoms with Crippen molar-refractivity contribution in [3.63, 3.8) is 0 Å². The van der Waals surface area contributed by atoms with E-state index >= 15 is 0 Å². The smallest absolute Gasteiger partial charge is 0.0895 e. The first-order valence-electron chi connectivity index (χ1n) is 3.38. The summed E-state index contributed by atoms with van der Waals surface area (Å²) in [6, 6.07) is 0. The Morgan fingerprint density at radius 3 is 1.67 bits per heavy atom. The maximum absolute atomic E-state index is 11.6. The minimum absolute atomic E-state index is 0.00174. The summed E-state index contributed by atoms with van der Waals surface area (Å²) in [5.41, 5.74) is 0. The first-order valence-corrected chi connectivity index (χ1v) is 5.72. The fraction of sp³-hybridized carbons (Fsp3) is 1.00. The van der Waals surface area contributed by atoms with Gasteiger partial charge in [-0.2, -0.15) is 0 Å². The molecule has 1 unspecified atom stereocenters. The molecule has 0 fully saturated rings. The molecule has 0 aliphatic heterocycles. The minimum atomic E-state index is -1.86. The molecule has 0 aromatic carbocycles. The van der Waals surface area contributed by atoms with Gasteiger partial charge in [-0.1, -0.05) is 27.7 Å². The maximum atomic E-state index is 11.6. The Balaban J connectivity index is 4.35. The predicted molar refractivity (Wildman–Crippen MR) is 43.8 cm³/mol. The molecule has 0 amide bonds. The van der Waals surface area contributed by atoms with Crippen LogP contribution in [0.2, 0.25) is 0 Å². The minimum Gasteiger partial charge on any atom is -0.323 e. The molecule has 0 aliphatic carbocycles. The standard InChI is InChI=1S/C7H17OP/c1-6-9(5,8)7(2,3)4/h6H2,1-5H3. The van der Waals surface area contributed by atoms with Crippen LogP contribution in [-0.4, -0.2) is 18.0 Å². The van der Waals surface area contributed by atoms with Crippen molar-refractivity contribution in [1.82, 2.24) is 0 Å². The molecule has 0 aliphatic rings. The zero-order valence-electron chi connectivity index (χ0n) is 7.06. The Kier molecular flexibility index (Phi) is 2.52. The van der Waals surface area contributed by atoms with E-state index in [1.165, 1.54) is 0 Å². The molecule has 0 radical (unpaired) electrons. The Morgan fingerprint density at radius 2 is 1.67 bits per heavy atom. The van der Waals surface area contributed by atoms with E-state index in [0.29, 0.717) is 0 Å². The van der Waals surface area contributed by atoms with Crippen LogP contribution >= 0.6 is 7.14 Å². The highest BCUT2D eigenvalue weighted by Gasteiger charge is 2.28. The van der Waals surface area contributed by atoms with Crippen LogP contribution in [0.15, 0.2) is 0 Å². The molecule has 0 spiro atoms. The topological polar surface area (TPSA) is 17.1 Å². The Labute approximate surface area is 58.2 Å². The normalized spacial score (nSPS) is 19.2. The third kappa shape index (κ3) is 2.14. The van der Waals surface area contributed by atoms with Gasteiger partial charge in [0.1, 0.15) is 0 Å². The zero-order chi connectivity index (χ0) is 7.71. The van der Waals surface area contributed by atoms with Gasteiger partial charge < -0.3 is 4.57 Å². The van der Waals surface area contributed by atoms with Crippen molar-refractivity contribution >= 4 is 7.14 Å². The second kappa shape index (κ2) is 2.46. The molecule has 0 rings (SSSR count). The van der Waals surface area contributed by atoms with E-state index in [9.17, 15) is 4.57 Å². The second-order valence-electron chi connectivity index (χ2n) is 3.59. The molecule has 0 saturated heterocycles. The van der Waals surface area contributed by atoms with Crippen LogP contribution in [0.4, 0.5) is 0 Å². The van der Waals surface area contributed by atoms with E-state index in [1.807, 2.05) is 34.4 Å². The van der Waals surface area contributed by atoms with Gasteiger partial charge in [0, 0.05) is 5.16 Å². The fourth-order valence-electron chi connectivity index (χ4n) is 0.474. The van der Waals surface area contributed by atoms with Gasteiger partial charge in [0.2, 0.25) is 0 Å². The van der Waals surface area contributed by atoms with Crippen molar-refractivity contribution in [3.05, 3.63) is 0 Å². The van der Waals surface area contributed by atoms with Crippen LogP contribution in [0.25, 0.3) is 0 Å². The largest absolute Gasteiger partial charge is 0.323 e. The molecule has 56 valence electrons. The van der Waals surface area contributed by atoms with Crippen LogP contribution in [0.1, 0.15) is 27.7 Å².